The molecule has 82 valence electrons. The van der Waals surface area contributed by atoms with Gasteiger partial charge in [-0.3, -0.25) is 0 Å². The summed E-state index contributed by atoms with van der Waals surface area (Å²) in [5.41, 5.74) is -0.500. The quantitative estimate of drug-likeness (QED) is 0.596. The van der Waals surface area contributed by atoms with Gasteiger partial charge in [-0.2, -0.15) is 0 Å². The van der Waals surface area contributed by atoms with Gasteiger partial charge in [0.15, 0.2) is 6.29 Å². The third kappa shape index (κ3) is 2.85. The Labute approximate surface area is 83.3 Å². The molecule has 0 radical (unpaired) electrons. The zero-order valence-electron chi connectivity index (χ0n) is 8.73. The largest absolute Gasteiger partial charge is 0.444 e. The monoisotopic (exact) mass is 203 g/mol. The normalized spacial score (nSPS) is 18.3. The van der Waals surface area contributed by atoms with Crippen molar-refractivity contribution in [1.29, 1.82) is 0 Å². The zero-order valence-corrected chi connectivity index (χ0v) is 8.73. The van der Waals surface area contributed by atoms with E-state index in [1.54, 1.807) is 20.8 Å². The first-order valence-corrected chi connectivity index (χ1v) is 4.63. The molecule has 1 fully saturated rings. The molecule has 0 saturated carbocycles. The van der Waals surface area contributed by atoms with Crippen molar-refractivity contribution < 1.29 is 19.7 Å². The average molecular weight is 203 g/mol. The van der Waals surface area contributed by atoms with Crippen molar-refractivity contribution in [1.82, 2.24) is 4.90 Å². The second-order valence-corrected chi connectivity index (χ2v) is 4.56. The predicted molar refractivity (Wildman–Crippen MR) is 49.5 cm³/mol. The number of ether oxygens (including phenoxy) is 1. The average Bonchev–Trinajstić information content (AvgIpc) is 1.75. The van der Waals surface area contributed by atoms with E-state index in [2.05, 4.69) is 0 Å². The molecule has 0 spiro atoms. The van der Waals surface area contributed by atoms with Gasteiger partial charge in [0.05, 0.1) is 0 Å². The van der Waals surface area contributed by atoms with Crippen molar-refractivity contribution in [2.75, 3.05) is 13.1 Å². The van der Waals surface area contributed by atoms with E-state index in [1.165, 1.54) is 4.90 Å². The lowest BCUT2D eigenvalue weighted by atomic mass is 10.0. The van der Waals surface area contributed by atoms with E-state index >= 15 is 0 Å². The first-order chi connectivity index (χ1) is 6.29. The first-order valence-electron chi connectivity index (χ1n) is 4.63. The minimum absolute atomic E-state index is 0.234. The van der Waals surface area contributed by atoms with Crippen LogP contribution in [0.5, 0.6) is 0 Å². The number of amides is 1. The number of hydrogen-bond acceptors (Lipinski definition) is 4. The van der Waals surface area contributed by atoms with Gasteiger partial charge in [0, 0.05) is 19.0 Å². The number of aliphatic hydroxyl groups is 2. The third-order valence-electron chi connectivity index (χ3n) is 1.98. The maximum Gasteiger partial charge on any atom is 0.410 e. The fourth-order valence-corrected chi connectivity index (χ4v) is 1.18. The molecule has 0 bridgehead atoms. The van der Waals surface area contributed by atoms with Gasteiger partial charge in [0.2, 0.25) is 0 Å². The summed E-state index contributed by atoms with van der Waals surface area (Å²) in [6.07, 6.45) is -1.73. The smallest absolute Gasteiger partial charge is 0.410 e. The molecule has 5 heteroatoms. The fraction of sp³-hybridized carbons (Fsp3) is 0.889. The van der Waals surface area contributed by atoms with Crippen molar-refractivity contribution in [3.05, 3.63) is 0 Å². The number of carbonyl (C=O) groups excluding carboxylic acids is 1. The molecule has 2 N–H and O–H groups in total. The summed E-state index contributed by atoms with van der Waals surface area (Å²) >= 11 is 0. The Balaban J connectivity index is 2.30. The molecule has 0 aromatic rings. The number of hydrogen-bond donors (Lipinski definition) is 2. The zero-order chi connectivity index (χ0) is 10.9. The Bertz CT molecular complexity index is 215. The van der Waals surface area contributed by atoms with Gasteiger partial charge in [0.1, 0.15) is 5.60 Å². The highest BCUT2D eigenvalue weighted by atomic mass is 16.6. The van der Waals surface area contributed by atoms with Gasteiger partial charge in [0.25, 0.3) is 0 Å². The minimum atomic E-state index is -1.34. The van der Waals surface area contributed by atoms with Crippen LogP contribution >= 0.6 is 0 Å². The Kier molecular flexibility index (Phi) is 3.01. The number of carbonyl (C=O) groups is 1. The molecule has 1 aliphatic heterocycles. The first kappa shape index (κ1) is 11.3. The number of likely N-dealkylation sites (tertiary alicyclic amines) is 1. The Morgan fingerprint density at radius 3 is 2.29 bits per heavy atom. The molecule has 1 saturated heterocycles. The van der Waals surface area contributed by atoms with Crippen molar-refractivity contribution in [3.8, 4) is 0 Å². The molecule has 0 atom stereocenters. The van der Waals surface area contributed by atoms with Gasteiger partial charge in [-0.25, -0.2) is 4.79 Å². The van der Waals surface area contributed by atoms with E-state index in [0.717, 1.165) is 0 Å². The minimum Gasteiger partial charge on any atom is -0.444 e. The van der Waals surface area contributed by atoms with Crippen LogP contribution in [-0.2, 0) is 4.74 Å². The molecular formula is C9H17NO4. The van der Waals surface area contributed by atoms with E-state index in [-0.39, 0.29) is 5.92 Å². The lowest BCUT2D eigenvalue weighted by molar-refractivity contribution is -0.126. The van der Waals surface area contributed by atoms with Crippen LogP contribution in [-0.4, -0.2) is 46.2 Å². The van der Waals surface area contributed by atoms with Crippen LogP contribution in [0.1, 0.15) is 20.8 Å². The maximum absolute atomic E-state index is 11.3. The third-order valence-corrected chi connectivity index (χ3v) is 1.98. The molecule has 0 aromatic heterocycles. The Morgan fingerprint density at radius 2 is 1.93 bits per heavy atom. The van der Waals surface area contributed by atoms with Crippen LogP contribution in [0, 0.1) is 5.92 Å². The van der Waals surface area contributed by atoms with Crippen molar-refractivity contribution >= 4 is 6.09 Å². The van der Waals surface area contributed by atoms with E-state index in [4.69, 9.17) is 14.9 Å². The lowest BCUT2D eigenvalue weighted by Crippen LogP contribution is -2.55. The number of rotatable bonds is 1. The van der Waals surface area contributed by atoms with E-state index in [1.807, 2.05) is 0 Å². The number of aliphatic hydroxyl groups excluding tert-OH is 1. The number of nitrogens with zero attached hydrogens (tertiary/aromatic N) is 1. The fourth-order valence-electron chi connectivity index (χ4n) is 1.18. The van der Waals surface area contributed by atoms with Crippen molar-refractivity contribution in [3.63, 3.8) is 0 Å². The summed E-state index contributed by atoms with van der Waals surface area (Å²) in [4.78, 5) is 12.8. The van der Waals surface area contributed by atoms with Gasteiger partial charge < -0.3 is 19.8 Å². The predicted octanol–water partition coefficient (Wildman–Crippen LogP) is 0.164. The molecule has 1 rings (SSSR count). The Morgan fingerprint density at radius 1 is 1.43 bits per heavy atom. The van der Waals surface area contributed by atoms with Crippen molar-refractivity contribution in [2.45, 2.75) is 32.7 Å². The highest BCUT2D eigenvalue weighted by Gasteiger charge is 2.36. The summed E-state index contributed by atoms with van der Waals surface area (Å²) in [6.45, 7) is 6.09. The van der Waals surface area contributed by atoms with E-state index in [0.29, 0.717) is 13.1 Å². The molecule has 1 amide bonds. The van der Waals surface area contributed by atoms with Crippen LogP contribution in [0.3, 0.4) is 0 Å². The standard InChI is InChI=1S/C9H17NO4/c1-9(2,3)14-8(13)10-4-6(5-10)7(11)12/h6-7,11-12H,4-5H2,1-3H3. The van der Waals surface area contributed by atoms with Crippen LogP contribution in [0.15, 0.2) is 0 Å². The molecule has 0 unspecified atom stereocenters. The van der Waals surface area contributed by atoms with Crippen LogP contribution in [0.2, 0.25) is 0 Å². The van der Waals surface area contributed by atoms with Crippen LogP contribution < -0.4 is 0 Å². The molecule has 1 heterocycles. The van der Waals surface area contributed by atoms with Crippen LogP contribution in [0.25, 0.3) is 0 Å². The van der Waals surface area contributed by atoms with Gasteiger partial charge >= 0.3 is 6.09 Å². The second kappa shape index (κ2) is 3.74. The van der Waals surface area contributed by atoms with Crippen LogP contribution in [0.4, 0.5) is 4.79 Å². The van der Waals surface area contributed by atoms with Crippen molar-refractivity contribution in [2.24, 2.45) is 5.92 Å². The summed E-state index contributed by atoms with van der Waals surface area (Å²) in [7, 11) is 0. The molecule has 1 aliphatic rings. The van der Waals surface area contributed by atoms with Gasteiger partial charge in [-0.15, -0.1) is 0 Å². The highest BCUT2D eigenvalue weighted by molar-refractivity contribution is 5.69. The lowest BCUT2D eigenvalue weighted by Gasteiger charge is -2.40. The van der Waals surface area contributed by atoms with E-state index < -0.39 is 18.0 Å². The summed E-state index contributed by atoms with van der Waals surface area (Å²) in [5, 5.41) is 17.6. The molecule has 0 aliphatic carbocycles. The molecule has 5 nitrogen and oxygen atoms in total. The molecule has 0 aromatic carbocycles. The second-order valence-electron chi connectivity index (χ2n) is 4.56. The van der Waals surface area contributed by atoms with Gasteiger partial charge in [-0.1, -0.05) is 0 Å². The summed E-state index contributed by atoms with van der Waals surface area (Å²) in [5.74, 6) is -0.234. The molecular weight excluding hydrogens is 186 g/mol. The summed E-state index contributed by atoms with van der Waals surface area (Å²) in [6, 6.07) is 0. The topological polar surface area (TPSA) is 70.0 Å². The summed E-state index contributed by atoms with van der Waals surface area (Å²) < 4.78 is 5.09. The molecule has 14 heavy (non-hydrogen) atoms. The highest BCUT2D eigenvalue weighted by Crippen LogP contribution is 2.20. The Hall–Kier alpha value is -0.810. The maximum atomic E-state index is 11.3. The van der Waals surface area contributed by atoms with E-state index in [9.17, 15) is 4.79 Å². The SMILES string of the molecule is CC(C)(C)OC(=O)N1CC(C(O)O)C1. The van der Waals surface area contributed by atoms with Gasteiger partial charge in [-0.05, 0) is 20.8 Å².